The van der Waals surface area contributed by atoms with Crippen molar-refractivity contribution in [1.29, 1.82) is 0 Å². The minimum absolute atomic E-state index is 0.137. The molecule has 0 bridgehead atoms. The van der Waals surface area contributed by atoms with E-state index in [4.69, 9.17) is 15.1 Å². The summed E-state index contributed by atoms with van der Waals surface area (Å²) in [6.45, 7) is 0. The third-order valence-electron chi connectivity index (χ3n) is 9.28. The molecule has 7 aromatic rings. The van der Waals surface area contributed by atoms with Crippen LogP contribution in [0.3, 0.4) is 0 Å². The van der Waals surface area contributed by atoms with Crippen molar-refractivity contribution in [3.05, 3.63) is 137 Å². The maximum atomic E-state index is 7.06. The van der Waals surface area contributed by atoms with Crippen LogP contribution in [0.25, 0.3) is 49.4 Å². The van der Waals surface area contributed by atoms with Crippen molar-refractivity contribution in [2.75, 3.05) is 0 Å². The Morgan fingerprint density at radius 2 is 1.26 bits per heavy atom. The molecule has 9 rings (SSSR count). The van der Waals surface area contributed by atoms with Crippen LogP contribution in [0.5, 0.6) is 0 Å². The fourth-order valence-electron chi connectivity index (χ4n) is 6.77. The zero-order valence-electron chi connectivity index (χ0n) is 23.5. The highest BCUT2D eigenvalue weighted by molar-refractivity contribution is 14.1. The number of aliphatic imine (C=N–C) groups is 1. The lowest BCUT2D eigenvalue weighted by atomic mass is 9.87. The van der Waals surface area contributed by atoms with Gasteiger partial charge < -0.3 is 10.2 Å². The Hall–Kier alpha value is -4.36. The van der Waals surface area contributed by atoms with Crippen molar-refractivity contribution in [2.45, 2.75) is 29.6 Å². The topological polar surface area (TPSA) is 56.4 Å². The highest BCUT2D eigenvalue weighted by atomic mass is 127. The predicted molar refractivity (Wildman–Crippen MR) is 186 cm³/mol. The van der Waals surface area contributed by atoms with Gasteiger partial charge in [-0.15, -0.1) is 0 Å². The van der Waals surface area contributed by atoms with Crippen LogP contribution in [0.2, 0.25) is 0 Å². The van der Waals surface area contributed by atoms with Gasteiger partial charge in [-0.05, 0) is 102 Å². The van der Waals surface area contributed by atoms with E-state index in [0.717, 1.165) is 69.9 Å². The maximum Gasteiger partial charge on any atom is 0.205 e. The van der Waals surface area contributed by atoms with Gasteiger partial charge in [-0.3, -0.25) is 4.57 Å². The Kier molecular flexibility index (Phi) is 5.60. The Balaban J connectivity index is 1.29. The molecular weight excluding hydrogens is 641 g/mol. The predicted octanol–water partition coefficient (Wildman–Crippen LogP) is 9.27. The van der Waals surface area contributed by atoms with Crippen LogP contribution < -0.4 is 5.73 Å². The number of fused-ring (bicyclic) bond motifs is 8. The quantitative estimate of drug-likeness (QED) is 0.0880. The van der Waals surface area contributed by atoms with Crippen molar-refractivity contribution in [3.8, 4) is 0 Å². The minimum Gasteiger partial charge on any atom is -0.456 e. The first-order valence-electron chi connectivity index (χ1n) is 14.9. The van der Waals surface area contributed by atoms with Gasteiger partial charge in [0.05, 0.1) is 20.7 Å². The first-order valence-corrected chi connectivity index (χ1v) is 16.1. The molecule has 43 heavy (non-hydrogen) atoms. The summed E-state index contributed by atoms with van der Waals surface area (Å²) in [5.74, 6) is 0.460. The van der Waals surface area contributed by atoms with Crippen LogP contribution in [0.1, 0.15) is 37.3 Å². The monoisotopic (exact) mass is 669 g/mol. The average molecular weight is 670 g/mol. The normalized spacial score (nSPS) is 15.5. The van der Waals surface area contributed by atoms with Gasteiger partial charge in [-0.25, -0.2) is 4.99 Å². The first kappa shape index (κ1) is 25.2. The maximum absolute atomic E-state index is 7.06. The second-order valence-corrected chi connectivity index (χ2v) is 13.1. The van der Waals surface area contributed by atoms with Gasteiger partial charge in [0.25, 0.3) is 0 Å². The highest BCUT2D eigenvalue weighted by Crippen LogP contribution is 2.41. The molecular formula is C38H28IN3O. The number of alkyl halides is 1. The molecule has 0 spiro atoms. The standard InChI is InChI=1S/C38H28IN3O/c39-32(22-7-3-1-4-8-22)21-33(23-9-5-2-6-10-23)41-38(40)42-34-17-26-13-11-24(26)15-28(34)29-20-37-31(19-35(29)42)30-16-25-12-14-27(25)18-36(30)43-37/h1-10,15-21,32H,11-14H2,(H2,40,41)/b33-21-. The highest BCUT2D eigenvalue weighted by Gasteiger charge is 2.23. The average Bonchev–Trinajstić information content (AvgIpc) is 3.51. The van der Waals surface area contributed by atoms with Crippen LogP contribution in [0.15, 0.2) is 113 Å². The zero-order valence-corrected chi connectivity index (χ0v) is 25.6. The molecule has 208 valence electrons. The van der Waals surface area contributed by atoms with Crippen molar-refractivity contribution >= 4 is 78.0 Å². The van der Waals surface area contributed by atoms with Crippen molar-refractivity contribution in [1.82, 2.24) is 4.57 Å². The van der Waals surface area contributed by atoms with Gasteiger partial charge in [-0.2, -0.15) is 0 Å². The lowest BCUT2D eigenvalue weighted by molar-refractivity contribution is 0.666. The van der Waals surface area contributed by atoms with Crippen LogP contribution in [-0.4, -0.2) is 10.5 Å². The number of hydrogen-bond donors (Lipinski definition) is 1. The summed E-state index contributed by atoms with van der Waals surface area (Å²) in [4.78, 5) is 5.18. The molecule has 0 saturated heterocycles. The molecule has 2 aliphatic carbocycles. The molecule has 5 heteroatoms. The van der Waals surface area contributed by atoms with E-state index in [-0.39, 0.29) is 3.92 Å². The Morgan fingerprint density at radius 1 is 0.698 bits per heavy atom. The van der Waals surface area contributed by atoms with E-state index >= 15 is 0 Å². The van der Waals surface area contributed by atoms with E-state index in [1.807, 2.05) is 12.1 Å². The molecule has 2 heterocycles. The van der Waals surface area contributed by atoms with E-state index in [9.17, 15) is 0 Å². The third-order valence-corrected chi connectivity index (χ3v) is 10.4. The fraction of sp³-hybridized carbons (Fsp3) is 0.132. The SMILES string of the molecule is N/C(=N\C(=C/C(I)c1ccccc1)c1ccccc1)n1c2cc3c(cc2c2cc4oc5cc6c(cc5c4cc21)CC6)CC3. The van der Waals surface area contributed by atoms with Gasteiger partial charge in [0, 0.05) is 21.5 Å². The van der Waals surface area contributed by atoms with Crippen LogP contribution in [-0.2, 0) is 25.7 Å². The molecule has 1 atom stereocenters. The number of rotatable bonds is 4. The summed E-state index contributed by atoms with van der Waals surface area (Å²) in [7, 11) is 0. The zero-order chi connectivity index (χ0) is 28.7. The van der Waals surface area contributed by atoms with Crippen LogP contribution in [0.4, 0.5) is 0 Å². The fourth-order valence-corrected chi connectivity index (χ4v) is 7.52. The summed E-state index contributed by atoms with van der Waals surface area (Å²) in [6.07, 6.45) is 6.71. The molecule has 4 nitrogen and oxygen atoms in total. The Labute approximate surface area is 262 Å². The summed E-state index contributed by atoms with van der Waals surface area (Å²) < 4.78 is 8.74. The van der Waals surface area contributed by atoms with E-state index in [0.29, 0.717) is 5.96 Å². The largest absolute Gasteiger partial charge is 0.456 e. The number of nitrogens with two attached hydrogens (primary N) is 1. The molecule has 1 unspecified atom stereocenters. The molecule has 2 N–H and O–H groups in total. The lowest BCUT2D eigenvalue weighted by Gasteiger charge is -2.19. The number of nitrogens with zero attached hydrogens (tertiary/aromatic N) is 2. The van der Waals surface area contributed by atoms with E-state index < -0.39 is 0 Å². The number of aryl methyl sites for hydroxylation is 4. The molecule has 0 saturated carbocycles. The second kappa shape index (κ2) is 9.58. The number of hydrogen-bond acceptors (Lipinski definition) is 2. The van der Waals surface area contributed by atoms with Gasteiger partial charge in [0.2, 0.25) is 5.96 Å². The smallest absolute Gasteiger partial charge is 0.205 e. The molecule has 0 radical (unpaired) electrons. The van der Waals surface area contributed by atoms with Gasteiger partial charge in [0.15, 0.2) is 0 Å². The molecule has 0 amide bonds. The minimum atomic E-state index is 0.137. The second-order valence-electron chi connectivity index (χ2n) is 11.8. The Morgan fingerprint density at radius 3 is 1.98 bits per heavy atom. The van der Waals surface area contributed by atoms with Crippen LogP contribution in [0, 0.1) is 0 Å². The number of furan rings is 1. The number of allylic oxidation sites excluding steroid dienone is 1. The van der Waals surface area contributed by atoms with Crippen LogP contribution >= 0.6 is 22.6 Å². The number of aromatic nitrogens is 1. The molecule has 2 aliphatic rings. The third kappa shape index (κ3) is 3.98. The molecule has 2 aromatic heterocycles. The lowest BCUT2D eigenvalue weighted by Crippen LogP contribution is -2.22. The molecule has 0 aliphatic heterocycles. The van der Waals surface area contributed by atoms with E-state index in [1.165, 1.54) is 38.6 Å². The number of benzene rings is 5. The van der Waals surface area contributed by atoms with Gasteiger partial charge in [0.1, 0.15) is 11.2 Å². The summed E-state index contributed by atoms with van der Waals surface area (Å²) in [6, 6.07) is 34.5. The Bertz CT molecular complexity index is 2310. The van der Waals surface area contributed by atoms with E-state index in [2.05, 4.69) is 118 Å². The number of halogens is 1. The van der Waals surface area contributed by atoms with E-state index in [1.54, 1.807) is 0 Å². The summed E-state index contributed by atoms with van der Waals surface area (Å²) in [5.41, 5.74) is 19.9. The van der Waals surface area contributed by atoms with Gasteiger partial charge in [-0.1, -0.05) is 83.3 Å². The van der Waals surface area contributed by atoms with Gasteiger partial charge >= 0.3 is 0 Å². The molecule has 5 aromatic carbocycles. The first-order chi connectivity index (χ1) is 21.1. The summed E-state index contributed by atoms with van der Waals surface area (Å²) in [5, 5.41) is 4.64. The van der Waals surface area contributed by atoms with Crippen molar-refractivity contribution < 1.29 is 4.42 Å². The van der Waals surface area contributed by atoms with Crippen molar-refractivity contribution in [3.63, 3.8) is 0 Å². The molecule has 0 fully saturated rings. The summed E-state index contributed by atoms with van der Waals surface area (Å²) >= 11 is 2.48. The van der Waals surface area contributed by atoms with Crippen molar-refractivity contribution in [2.24, 2.45) is 10.7 Å².